The fraction of sp³-hybridized carbons (Fsp3) is 1.00. The Morgan fingerprint density at radius 2 is 1.74 bits per heavy atom. The zero-order valence-corrected chi connectivity index (χ0v) is 12.7. The van der Waals surface area contributed by atoms with Gasteiger partial charge in [0.15, 0.2) is 0 Å². The quantitative estimate of drug-likeness (QED) is 0.545. The zero-order valence-electron chi connectivity index (χ0n) is 12.7. The van der Waals surface area contributed by atoms with Crippen molar-refractivity contribution in [1.29, 1.82) is 0 Å². The molecule has 19 heavy (non-hydrogen) atoms. The minimum absolute atomic E-state index is 0.0122. The van der Waals surface area contributed by atoms with Crippen LogP contribution < -0.4 is 16.0 Å². The van der Waals surface area contributed by atoms with E-state index in [1.807, 2.05) is 0 Å². The second kappa shape index (κ2) is 6.53. The molecule has 0 bridgehead atoms. The molecule has 2 saturated carbocycles. The van der Waals surface area contributed by atoms with E-state index in [2.05, 4.69) is 37.1 Å². The second-order valence-corrected chi connectivity index (χ2v) is 6.32. The fourth-order valence-corrected chi connectivity index (χ4v) is 4.50. The molecule has 2 aliphatic rings. The molecular weight excluding hydrogens is 238 g/mol. The van der Waals surface area contributed by atoms with E-state index in [0.717, 1.165) is 6.42 Å². The van der Waals surface area contributed by atoms with Crippen LogP contribution in [0.25, 0.3) is 0 Å². The maximum atomic E-state index is 9.96. The molecular formula is C15H31N3O. The molecule has 0 heterocycles. The van der Waals surface area contributed by atoms with Gasteiger partial charge < -0.3 is 21.1 Å². The van der Waals surface area contributed by atoms with Crippen molar-refractivity contribution >= 4 is 0 Å². The smallest absolute Gasteiger partial charge is 0.0868 e. The lowest BCUT2D eigenvalue weighted by molar-refractivity contribution is 0.112. The second-order valence-electron chi connectivity index (χ2n) is 6.32. The van der Waals surface area contributed by atoms with Crippen LogP contribution in [0.3, 0.4) is 0 Å². The van der Waals surface area contributed by atoms with Gasteiger partial charge in [0.2, 0.25) is 0 Å². The monoisotopic (exact) mass is 269 g/mol. The highest BCUT2D eigenvalue weighted by Crippen LogP contribution is 2.39. The number of aliphatic hydroxyl groups is 1. The summed E-state index contributed by atoms with van der Waals surface area (Å²) < 4.78 is 0. The van der Waals surface area contributed by atoms with Gasteiger partial charge in [-0.2, -0.15) is 0 Å². The molecule has 2 aliphatic carbocycles. The predicted octanol–water partition coefficient (Wildman–Crippen LogP) is 1.06. The van der Waals surface area contributed by atoms with Crippen LogP contribution in [0.1, 0.15) is 44.9 Å². The van der Waals surface area contributed by atoms with E-state index in [1.165, 1.54) is 38.5 Å². The van der Waals surface area contributed by atoms with Gasteiger partial charge in [-0.15, -0.1) is 0 Å². The minimum atomic E-state index is -0.0416. The summed E-state index contributed by atoms with van der Waals surface area (Å²) in [7, 11) is 6.17. The summed E-state index contributed by atoms with van der Waals surface area (Å²) >= 11 is 0. The number of hydrogen-bond donors (Lipinski definition) is 4. The predicted molar refractivity (Wildman–Crippen MR) is 79.0 cm³/mol. The van der Waals surface area contributed by atoms with Gasteiger partial charge in [-0.1, -0.05) is 6.42 Å². The summed E-state index contributed by atoms with van der Waals surface area (Å²) in [5.74, 6) is 1.19. The number of rotatable bonds is 6. The van der Waals surface area contributed by atoms with Crippen molar-refractivity contribution in [2.45, 2.75) is 62.8 Å². The highest BCUT2D eigenvalue weighted by molar-refractivity contribution is 5.05. The van der Waals surface area contributed by atoms with E-state index in [4.69, 9.17) is 0 Å². The first-order chi connectivity index (χ1) is 9.17. The van der Waals surface area contributed by atoms with Gasteiger partial charge in [0.1, 0.15) is 0 Å². The Kier molecular flexibility index (Phi) is 5.23. The summed E-state index contributed by atoms with van der Waals surface area (Å²) in [5, 5.41) is 20.5. The van der Waals surface area contributed by atoms with Gasteiger partial charge in [-0.3, -0.25) is 0 Å². The van der Waals surface area contributed by atoms with E-state index in [0.29, 0.717) is 17.9 Å². The summed E-state index contributed by atoms with van der Waals surface area (Å²) in [6.45, 7) is 0. The molecule has 0 radical (unpaired) electrons. The standard InChI is InChI=1S/C15H31N3O/c1-16-14-10-9-12(15(14,17-2)18-3)8-7-11-5-4-6-13(11)19/h11-14,16-19H,4-10H2,1-3H3. The van der Waals surface area contributed by atoms with Crippen LogP contribution in [-0.4, -0.2) is 44.1 Å². The Morgan fingerprint density at radius 1 is 1.00 bits per heavy atom. The Bertz CT molecular complexity index is 281. The maximum absolute atomic E-state index is 9.96. The first-order valence-electron chi connectivity index (χ1n) is 7.91. The van der Waals surface area contributed by atoms with Crippen LogP contribution in [0.4, 0.5) is 0 Å². The molecule has 4 heteroatoms. The van der Waals surface area contributed by atoms with E-state index in [1.54, 1.807) is 0 Å². The van der Waals surface area contributed by atoms with Gasteiger partial charge in [-0.25, -0.2) is 0 Å². The average molecular weight is 269 g/mol. The molecule has 4 N–H and O–H groups in total. The molecule has 4 unspecified atom stereocenters. The van der Waals surface area contributed by atoms with Crippen molar-refractivity contribution in [3.8, 4) is 0 Å². The summed E-state index contributed by atoms with van der Waals surface area (Å²) in [6.07, 6.45) is 8.26. The Hall–Kier alpha value is -0.160. The van der Waals surface area contributed by atoms with Gasteiger partial charge in [0.05, 0.1) is 11.8 Å². The zero-order chi connectivity index (χ0) is 13.9. The van der Waals surface area contributed by atoms with Gasteiger partial charge in [-0.05, 0) is 71.5 Å². The molecule has 4 nitrogen and oxygen atoms in total. The molecule has 0 aliphatic heterocycles. The lowest BCUT2D eigenvalue weighted by Crippen LogP contribution is -2.66. The molecule has 0 saturated heterocycles. The Balaban J connectivity index is 1.95. The van der Waals surface area contributed by atoms with Crippen LogP contribution in [-0.2, 0) is 0 Å². The topological polar surface area (TPSA) is 56.3 Å². The number of nitrogens with one attached hydrogen (secondary N) is 3. The first-order valence-corrected chi connectivity index (χ1v) is 7.91. The van der Waals surface area contributed by atoms with E-state index >= 15 is 0 Å². The van der Waals surface area contributed by atoms with Crippen LogP contribution in [0.15, 0.2) is 0 Å². The van der Waals surface area contributed by atoms with Crippen molar-refractivity contribution in [2.24, 2.45) is 11.8 Å². The molecule has 2 rings (SSSR count). The fourth-order valence-electron chi connectivity index (χ4n) is 4.50. The van der Waals surface area contributed by atoms with Crippen molar-refractivity contribution in [1.82, 2.24) is 16.0 Å². The lowest BCUT2D eigenvalue weighted by Gasteiger charge is -2.40. The third-order valence-electron chi connectivity index (χ3n) is 5.68. The van der Waals surface area contributed by atoms with E-state index in [9.17, 15) is 5.11 Å². The molecule has 4 atom stereocenters. The summed E-state index contributed by atoms with van der Waals surface area (Å²) in [6, 6.07) is 0.487. The van der Waals surface area contributed by atoms with Crippen LogP contribution in [0, 0.1) is 11.8 Å². The molecule has 0 aromatic heterocycles. The number of hydrogen-bond acceptors (Lipinski definition) is 4. The number of aliphatic hydroxyl groups excluding tert-OH is 1. The summed E-state index contributed by atoms with van der Waals surface area (Å²) in [4.78, 5) is 0. The van der Waals surface area contributed by atoms with Crippen molar-refractivity contribution in [2.75, 3.05) is 21.1 Å². The largest absolute Gasteiger partial charge is 0.393 e. The molecule has 112 valence electrons. The minimum Gasteiger partial charge on any atom is -0.393 e. The molecule has 2 fully saturated rings. The first kappa shape index (κ1) is 15.2. The Morgan fingerprint density at radius 3 is 2.26 bits per heavy atom. The average Bonchev–Trinajstić information content (AvgIpc) is 2.99. The van der Waals surface area contributed by atoms with Crippen LogP contribution in [0.2, 0.25) is 0 Å². The lowest BCUT2D eigenvalue weighted by atomic mass is 9.86. The SMILES string of the molecule is CNC1CCC(CCC2CCCC2O)C1(NC)NC. The van der Waals surface area contributed by atoms with Crippen molar-refractivity contribution in [3.05, 3.63) is 0 Å². The highest BCUT2D eigenvalue weighted by atomic mass is 16.3. The van der Waals surface area contributed by atoms with Crippen LogP contribution >= 0.6 is 0 Å². The molecule has 0 amide bonds. The number of likely N-dealkylation sites (N-methyl/N-ethyl adjacent to an activating group) is 3. The molecule has 0 aromatic carbocycles. The van der Waals surface area contributed by atoms with Crippen LogP contribution in [0.5, 0.6) is 0 Å². The molecule has 0 spiro atoms. The Labute approximate surface area is 117 Å². The van der Waals surface area contributed by atoms with Crippen molar-refractivity contribution in [3.63, 3.8) is 0 Å². The van der Waals surface area contributed by atoms with E-state index in [-0.39, 0.29) is 11.8 Å². The van der Waals surface area contributed by atoms with Gasteiger partial charge in [0.25, 0.3) is 0 Å². The van der Waals surface area contributed by atoms with Gasteiger partial charge in [0, 0.05) is 6.04 Å². The third-order valence-corrected chi connectivity index (χ3v) is 5.68. The normalized spacial score (nSPS) is 37.9. The van der Waals surface area contributed by atoms with Gasteiger partial charge >= 0.3 is 0 Å². The third kappa shape index (κ3) is 2.82. The maximum Gasteiger partial charge on any atom is 0.0868 e. The van der Waals surface area contributed by atoms with Crippen molar-refractivity contribution < 1.29 is 5.11 Å². The summed E-state index contributed by atoms with van der Waals surface area (Å²) in [5.41, 5.74) is 0.0122. The van der Waals surface area contributed by atoms with E-state index < -0.39 is 0 Å². The highest BCUT2D eigenvalue weighted by Gasteiger charge is 2.47. The molecule has 0 aromatic rings.